The molecule has 6 nitrogen and oxygen atoms in total. The number of anilines is 1. The van der Waals surface area contributed by atoms with Gasteiger partial charge in [0.1, 0.15) is 11.5 Å². The van der Waals surface area contributed by atoms with E-state index in [4.69, 9.17) is 4.74 Å². The van der Waals surface area contributed by atoms with Crippen LogP contribution in [-0.2, 0) is 10.0 Å². The van der Waals surface area contributed by atoms with Crippen LogP contribution in [0.5, 0.6) is 11.5 Å². The molecule has 29 heavy (non-hydrogen) atoms. The summed E-state index contributed by atoms with van der Waals surface area (Å²) in [4.78, 5) is 12.2. The zero-order chi connectivity index (χ0) is 20.9. The Hall–Kier alpha value is -3.32. The lowest BCUT2D eigenvalue weighted by Crippen LogP contribution is -2.24. The van der Waals surface area contributed by atoms with Crippen molar-refractivity contribution < 1.29 is 17.9 Å². The van der Waals surface area contributed by atoms with Crippen LogP contribution in [0, 0.1) is 6.92 Å². The van der Waals surface area contributed by atoms with Crippen molar-refractivity contribution in [2.45, 2.75) is 18.7 Å². The number of hydrogen-bond donors (Lipinski definition) is 2. The summed E-state index contributed by atoms with van der Waals surface area (Å²) in [7, 11) is -3.84. The van der Waals surface area contributed by atoms with Crippen LogP contribution < -0.4 is 14.8 Å². The molecule has 0 radical (unpaired) electrons. The summed E-state index contributed by atoms with van der Waals surface area (Å²) < 4.78 is 33.7. The minimum absolute atomic E-state index is 0.0222. The van der Waals surface area contributed by atoms with E-state index in [-0.39, 0.29) is 10.8 Å². The predicted octanol–water partition coefficient (Wildman–Crippen LogP) is 4.34. The van der Waals surface area contributed by atoms with Crippen LogP contribution in [0.3, 0.4) is 0 Å². The molecule has 0 aliphatic carbocycles. The molecule has 0 bridgehead atoms. The van der Waals surface area contributed by atoms with Gasteiger partial charge in [-0.1, -0.05) is 24.3 Å². The van der Waals surface area contributed by atoms with E-state index in [0.717, 1.165) is 0 Å². The Balaban J connectivity index is 1.77. The van der Waals surface area contributed by atoms with E-state index >= 15 is 0 Å². The number of para-hydroxylation sites is 1. The molecular formula is C22H22N2O4S. The fourth-order valence-electron chi connectivity index (χ4n) is 2.70. The van der Waals surface area contributed by atoms with Gasteiger partial charge in [-0.2, -0.15) is 0 Å². The number of hydrogen-bond acceptors (Lipinski definition) is 4. The van der Waals surface area contributed by atoms with Crippen LogP contribution in [0.25, 0.3) is 0 Å². The number of ether oxygens (including phenoxy) is 1. The zero-order valence-corrected chi connectivity index (χ0v) is 17.0. The molecule has 0 aliphatic heterocycles. The largest absolute Gasteiger partial charge is 0.457 e. The van der Waals surface area contributed by atoms with Gasteiger partial charge in [0, 0.05) is 17.8 Å². The normalized spacial score (nSPS) is 11.0. The third-order valence-electron chi connectivity index (χ3n) is 4.19. The van der Waals surface area contributed by atoms with Gasteiger partial charge in [0.15, 0.2) is 0 Å². The van der Waals surface area contributed by atoms with Crippen LogP contribution in [0.15, 0.2) is 77.7 Å². The minimum Gasteiger partial charge on any atom is -0.457 e. The maximum atomic E-state index is 12.7. The maximum Gasteiger partial charge on any atom is 0.261 e. The Morgan fingerprint density at radius 2 is 1.59 bits per heavy atom. The Labute approximate surface area is 170 Å². The second-order valence-electron chi connectivity index (χ2n) is 6.38. The van der Waals surface area contributed by atoms with Gasteiger partial charge in [-0.3, -0.25) is 9.52 Å². The second kappa shape index (κ2) is 8.79. The number of benzene rings is 3. The van der Waals surface area contributed by atoms with Crippen molar-refractivity contribution in [3.63, 3.8) is 0 Å². The van der Waals surface area contributed by atoms with Crippen molar-refractivity contribution >= 4 is 21.6 Å². The SMILES string of the molecule is CCNC(=O)c1cc(S(=O)(=O)Nc2ccc(Oc3ccccc3)cc2)ccc1C. The molecule has 0 aromatic heterocycles. The number of amides is 1. The Morgan fingerprint density at radius 1 is 0.931 bits per heavy atom. The molecule has 0 fully saturated rings. The molecule has 3 aromatic rings. The van der Waals surface area contributed by atoms with E-state index in [0.29, 0.717) is 34.9 Å². The second-order valence-corrected chi connectivity index (χ2v) is 8.06. The quantitative estimate of drug-likeness (QED) is 0.607. The van der Waals surface area contributed by atoms with Gasteiger partial charge < -0.3 is 10.1 Å². The van der Waals surface area contributed by atoms with Crippen molar-refractivity contribution in [3.05, 3.63) is 83.9 Å². The van der Waals surface area contributed by atoms with E-state index < -0.39 is 10.0 Å². The van der Waals surface area contributed by atoms with Gasteiger partial charge in [0.05, 0.1) is 4.90 Å². The average molecular weight is 410 g/mol. The molecular weight excluding hydrogens is 388 g/mol. The molecule has 0 saturated carbocycles. The first-order valence-electron chi connectivity index (χ1n) is 9.13. The number of sulfonamides is 1. The number of aryl methyl sites for hydroxylation is 1. The lowest BCUT2D eigenvalue weighted by molar-refractivity contribution is 0.0955. The summed E-state index contributed by atoms with van der Waals surface area (Å²) in [6.07, 6.45) is 0. The molecule has 0 heterocycles. The smallest absolute Gasteiger partial charge is 0.261 e. The van der Waals surface area contributed by atoms with Gasteiger partial charge in [-0.15, -0.1) is 0 Å². The molecule has 7 heteroatoms. The highest BCUT2D eigenvalue weighted by molar-refractivity contribution is 7.92. The van der Waals surface area contributed by atoms with Gasteiger partial charge in [-0.05, 0) is 67.9 Å². The van der Waals surface area contributed by atoms with Crippen LogP contribution in [0.4, 0.5) is 5.69 Å². The van der Waals surface area contributed by atoms with E-state index in [2.05, 4.69) is 10.0 Å². The van der Waals surface area contributed by atoms with Gasteiger partial charge in [-0.25, -0.2) is 8.42 Å². The summed E-state index contributed by atoms with van der Waals surface area (Å²) >= 11 is 0. The van der Waals surface area contributed by atoms with Crippen molar-refractivity contribution in [2.75, 3.05) is 11.3 Å². The van der Waals surface area contributed by atoms with Crippen LogP contribution >= 0.6 is 0 Å². The van der Waals surface area contributed by atoms with Crippen LogP contribution in [0.1, 0.15) is 22.8 Å². The Kier molecular flexibility index (Phi) is 6.19. The fourth-order valence-corrected chi connectivity index (χ4v) is 3.78. The van der Waals surface area contributed by atoms with E-state index in [1.807, 2.05) is 30.3 Å². The lowest BCUT2D eigenvalue weighted by Gasteiger charge is -2.12. The highest BCUT2D eigenvalue weighted by Gasteiger charge is 2.18. The third kappa shape index (κ3) is 5.14. The summed E-state index contributed by atoms with van der Waals surface area (Å²) in [6, 6.07) is 20.4. The Morgan fingerprint density at radius 3 is 2.24 bits per heavy atom. The zero-order valence-electron chi connectivity index (χ0n) is 16.2. The van der Waals surface area contributed by atoms with Crippen molar-refractivity contribution in [1.29, 1.82) is 0 Å². The van der Waals surface area contributed by atoms with Crippen LogP contribution in [-0.4, -0.2) is 20.9 Å². The molecule has 0 unspecified atom stereocenters. The lowest BCUT2D eigenvalue weighted by atomic mass is 10.1. The number of rotatable bonds is 7. The topological polar surface area (TPSA) is 84.5 Å². The first kappa shape index (κ1) is 20.4. The first-order valence-corrected chi connectivity index (χ1v) is 10.6. The van der Waals surface area contributed by atoms with Crippen molar-refractivity contribution in [2.24, 2.45) is 0 Å². The van der Waals surface area contributed by atoms with Crippen molar-refractivity contribution in [3.8, 4) is 11.5 Å². The highest BCUT2D eigenvalue weighted by atomic mass is 32.2. The molecule has 0 aliphatic rings. The first-order chi connectivity index (χ1) is 13.9. The predicted molar refractivity (Wildman–Crippen MR) is 113 cm³/mol. The molecule has 0 saturated heterocycles. The molecule has 3 aromatic carbocycles. The van der Waals surface area contributed by atoms with Gasteiger partial charge in [0.2, 0.25) is 0 Å². The minimum atomic E-state index is -3.84. The third-order valence-corrected chi connectivity index (χ3v) is 5.57. The highest BCUT2D eigenvalue weighted by Crippen LogP contribution is 2.24. The van der Waals surface area contributed by atoms with Crippen molar-refractivity contribution in [1.82, 2.24) is 5.32 Å². The number of carbonyl (C=O) groups excluding carboxylic acids is 1. The van der Waals surface area contributed by atoms with E-state index in [1.54, 1.807) is 44.2 Å². The molecule has 3 rings (SSSR count). The van der Waals surface area contributed by atoms with E-state index in [1.165, 1.54) is 12.1 Å². The average Bonchev–Trinajstić information content (AvgIpc) is 2.70. The molecule has 2 N–H and O–H groups in total. The standard InChI is InChI=1S/C22H22N2O4S/c1-3-23-22(25)21-15-20(14-9-16(21)2)29(26,27)24-17-10-12-19(13-11-17)28-18-7-5-4-6-8-18/h4-15,24H,3H2,1-2H3,(H,23,25). The fraction of sp³-hybridized carbons (Fsp3) is 0.136. The summed E-state index contributed by atoms with van der Waals surface area (Å²) in [5, 5.41) is 2.69. The summed E-state index contributed by atoms with van der Waals surface area (Å²) in [6.45, 7) is 4.03. The summed E-state index contributed by atoms with van der Waals surface area (Å²) in [5.74, 6) is 0.982. The molecule has 0 spiro atoms. The molecule has 1 amide bonds. The van der Waals surface area contributed by atoms with Gasteiger partial charge >= 0.3 is 0 Å². The van der Waals surface area contributed by atoms with Gasteiger partial charge in [0.25, 0.3) is 15.9 Å². The summed E-state index contributed by atoms with van der Waals surface area (Å²) in [5.41, 5.74) is 1.43. The molecule has 150 valence electrons. The maximum absolute atomic E-state index is 12.7. The van der Waals surface area contributed by atoms with E-state index in [9.17, 15) is 13.2 Å². The number of nitrogens with one attached hydrogen (secondary N) is 2. The Bertz CT molecular complexity index is 1100. The molecule has 0 atom stereocenters. The van der Waals surface area contributed by atoms with Crippen LogP contribution in [0.2, 0.25) is 0 Å². The monoisotopic (exact) mass is 410 g/mol. The number of carbonyl (C=O) groups is 1.